The Kier molecular flexibility index (Phi) is 6.48. The molecule has 0 bridgehead atoms. The molecule has 0 amide bonds. The van der Waals surface area contributed by atoms with Gasteiger partial charge in [-0.3, -0.25) is 0 Å². The summed E-state index contributed by atoms with van der Waals surface area (Å²) < 4.78 is 4.79. The van der Waals surface area contributed by atoms with Crippen LogP contribution in [-0.2, 0) is 4.74 Å². The number of halogens is 1. The summed E-state index contributed by atoms with van der Waals surface area (Å²) in [5.41, 5.74) is 2.30. The summed E-state index contributed by atoms with van der Waals surface area (Å²) in [6.07, 6.45) is 0. The van der Waals surface area contributed by atoms with Crippen LogP contribution in [0.4, 0.5) is 5.69 Å². The molecule has 0 spiro atoms. The zero-order valence-electron chi connectivity index (χ0n) is 15.7. The molecule has 1 aliphatic rings. The van der Waals surface area contributed by atoms with E-state index < -0.39 is 0 Å². The zero-order chi connectivity index (χ0) is 19.2. The van der Waals surface area contributed by atoms with Crippen molar-refractivity contribution < 1.29 is 9.53 Å². The van der Waals surface area contributed by atoms with Crippen LogP contribution < -0.4 is 0 Å². The molecule has 6 heteroatoms. The highest BCUT2D eigenvalue weighted by Gasteiger charge is 2.20. The maximum Gasteiger partial charge on any atom is 0.337 e. The Labute approximate surface area is 165 Å². The normalized spacial score (nSPS) is 15.7. The van der Waals surface area contributed by atoms with Crippen molar-refractivity contribution >= 4 is 29.1 Å². The molecule has 2 aromatic carbocycles. The number of carbonyl (C=O) groups is 1. The number of aliphatic imine (C=N–C) groups is 1. The molecule has 0 aromatic heterocycles. The van der Waals surface area contributed by atoms with Crippen LogP contribution in [0.2, 0.25) is 5.02 Å². The Morgan fingerprint density at radius 1 is 1.07 bits per heavy atom. The first-order valence-electron chi connectivity index (χ1n) is 9.11. The molecule has 5 nitrogen and oxygen atoms in total. The maximum absolute atomic E-state index is 11.7. The van der Waals surface area contributed by atoms with Crippen molar-refractivity contribution in [3.05, 3.63) is 64.7 Å². The van der Waals surface area contributed by atoms with Crippen LogP contribution >= 0.6 is 11.6 Å². The smallest absolute Gasteiger partial charge is 0.337 e. The van der Waals surface area contributed by atoms with Crippen LogP contribution in [0, 0.1) is 0 Å². The van der Waals surface area contributed by atoms with Crippen molar-refractivity contribution in [2.24, 2.45) is 4.99 Å². The summed E-state index contributed by atoms with van der Waals surface area (Å²) in [7, 11) is 1.38. The van der Waals surface area contributed by atoms with Gasteiger partial charge >= 0.3 is 5.97 Å². The molecule has 0 N–H and O–H groups in total. The molecule has 1 saturated heterocycles. The van der Waals surface area contributed by atoms with Crippen molar-refractivity contribution in [2.75, 3.05) is 39.8 Å². The molecule has 0 atom stereocenters. The molecule has 0 aliphatic carbocycles. The van der Waals surface area contributed by atoms with Crippen molar-refractivity contribution in [1.29, 1.82) is 0 Å². The van der Waals surface area contributed by atoms with E-state index in [9.17, 15) is 4.79 Å². The molecule has 27 heavy (non-hydrogen) atoms. The molecule has 2 aromatic rings. The fourth-order valence-electron chi connectivity index (χ4n) is 3.13. The predicted molar refractivity (Wildman–Crippen MR) is 109 cm³/mol. The largest absolute Gasteiger partial charge is 0.465 e. The number of ether oxygens (including phenoxy) is 1. The van der Waals surface area contributed by atoms with Gasteiger partial charge in [-0.2, -0.15) is 0 Å². The Hall–Kier alpha value is -2.37. The van der Waals surface area contributed by atoms with E-state index in [1.165, 1.54) is 7.11 Å². The number of esters is 1. The van der Waals surface area contributed by atoms with E-state index in [1.54, 1.807) is 12.1 Å². The average Bonchev–Trinajstić information content (AvgIpc) is 2.72. The summed E-state index contributed by atoms with van der Waals surface area (Å²) in [5.74, 6) is 0.552. The molecular formula is C21H24ClN3O2. The number of piperazine rings is 1. The van der Waals surface area contributed by atoms with Crippen molar-refractivity contribution in [3.8, 4) is 0 Å². The third-order valence-electron chi connectivity index (χ3n) is 4.73. The van der Waals surface area contributed by atoms with Gasteiger partial charge < -0.3 is 14.5 Å². The van der Waals surface area contributed by atoms with Gasteiger partial charge in [-0.15, -0.1) is 0 Å². The van der Waals surface area contributed by atoms with Gasteiger partial charge in [0.2, 0.25) is 0 Å². The van der Waals surface area contributed by atoms with Gasteiger partial charge in [0.25, 0.3) is 0 Å². The van der Waals surface area contributed by atoms with Crippen LogP contribution in [0.25, 0.3) is 0 Å². The number of likely N-dealkylation sites (N-methyl/N-ethyl adjacent to an activating group) is 1. The average molecular weight is 386 g/mol. The first-order valence-corrected chi connectivity index (χ1v) is 9.49. The highest BCUT2D eigenvalue weighted by atomic mass is 35.5. The molecule has 142 valence electrons. The number of hydrogen-bond donors (Lipinski definition) is 0. The van der Waals surface area contributed by atoms with E-state index in [2.05, 4.69) is 16.7 Å². The lowest BCUT2D eigenvalue weighted by molar-refractivity contribution is 0.0600. The number of rotatable bonds is 4. The molecule has 0 radical (unpaired) electrons. The molecule has 0 saturated carbocycles. The molecule has 1 fully saturated rings. The van der Waals surface area contributed by atoms with E-state index in [0.717, 1.165) is 49.8 Å². The van der Waals surface area contributed by atoms with E-state index in [-0.39, 0.29) is 5.97 Å². The number of benzene rings is 2. The van der Waals surface area contributed by atoms with Crippen LogP contribution in [0.1, 0.15) is 22.8 Å². The van der Waals surface area contributed by atoms with Gasteiger partial charge in [0.15, 0.2) is 0 Å². The van der Waals surface area contributed by atoms with Crippen molar-refractivity contribution in [3.63, 3.8) is 0 Å². The summed E-state index contributed by atoms with van der Waals surface area (Å²) >= 11 is 6.13. The Bertz CT molecular complexity index is 812. The van der Waals surface area contributed by atoms with Gasteiger partial charge in [-0.25, -0.2) is 9.79 Å². The number of carbonyl (C=O) groups excluding carboxylic acids is 1. The van der Waals surface area contributed by atoms with Crippen LogP contribution in [0.15, 0.2) is 53.5 Å². The number of hydrogen-bond acceptors (Lipinski definition) is 4. The standard InChI is InChI=1S/C21H24ClN3O2/c1-3-24-11-13-25(14-12-24)20(23-19-6-4-5-18(22)15-19)16-7-9-17(10-8-16)21(26)27-2/h4-10,15H,3,11-14H2,1-2H3. The van der Waals surface area contributed by atoms with E-state index >= 15 is 0 Å². The van der Waals surface area contributed by atoms with Crippen LogP contribution in [0.5, 0.6) is 0 Å². The minimum absolute atomic E-state index is 0.341. The minimum Gasteiger partial charge on any atom is -0.465 e. The van der Waals surface area contributed by atoms with Crippen LogP contribution in [0.3, 0.4) is 0 Å². The molecular weight excluding hydrogens is 362 g/mol. The van der Waals surface area contributed by atoms with Gasteiger partial charge in [-0.1, -0.05) is 36.7 Å². The SMILES string of the molecule is CCN1CCN(C(=Nc2cccc(Cl)c2)c2ccc(C(=O)OC)cc2)CC1. The monoisotopic (exact) mass is 385 g/mol. The van der Waals surface area contributed by atoms with Crippen LogP contribution in [-0.4, -0.2) is 61.4 Å². The fraction of sp³-hybridized carbons (Fsp3) is 0.333. The predicted octanol–water partition coefficient (Wildman–Crippen LogP) is 3.84. The highest BCUT2D eigenvalue weighted by molar-refractivity contribution is 6.30. The minimum atomic E-state index is -0.341. The zero-order valence-corrected chi connectivity index (χ0v) is 16.4. The Morgan fingerprint density at radius 2 is 1.74 bits per heavy atom. The maximum atomic E-state index is 11.7. The van der Waals surface area contributed by atoms with Crippen molar-refractivity contribution in [2.45, 2.75) is 6.92 Å². The molecule has 1 heterocycles. The number of methoxy groups -OCH3 is 1. The molecule has 3 rings (SSSR count). The summed E-state index contributed by atoms with van der Waals surface area (Å²) in [5, 5.41) is 0.660. The van der Waals surface area contributed by atoms with E-state index in [0.29, 0.717) is 10.6 Å². The fourth-order valence-corrected chi connectivity index (χ4v) is 3.32. The van der Waals surface area contributed by atoms with Gasteiger partial charge in [0.1, 0.15) is 5.84 Å². The lowest BCUT2D eigenvalue weighted by Gasteiger charge is -2.36. The second-order valence-corrected chi connectivity index (χ2v) is 6.84. The second-order valence-electron chi connectivity index (χ2n) is 6.41. The first kappa shape index (κ1) is 19.4. The van der Waals surface area contributed by atoms with Gasteiger partial charge in [0, 0.05) is 36.8 Å². The number of nitrogens with zero attached hydrogens (tertiary/aromatic N) is 3. The summed E-state index contributed by atoms with van der Waals surface area (Å²) in [6, 6.07) is 14.9. The topological polar surface area (TPSA) is 45.1 Å². The third-order valence-corrected chi connectivity index (χ3v) is 4.96. The third kappa shape index (κ3) is 4.87. The molecule has 0 unspecified atom stereocenters. The summed E-state index contributed by atoms with van der Waals surface area (Å²) in [6.45, 7) is 7.07. The molecule has 1 aliphatic heterocycles. The van der Waals surface area contributed by atoms with E-state index in [4.69, 9.17) is 21.3 Å². The number of amidine groups is 1. The van der Waals surface area contributed by atoms with Crippen molar-refractivity contribution in [1.82, 2.24) is 9.80 Å². The lowest BCUT2D eigenvalue weighted by atomic mass is 10.1. The Balaban J connectivity index is 1.93. The lowest BCUT2D eigenvalue weighted by Crippen LogP contribution is -2.48. The van der Waals surface area contributed by atoms with Gasteiger partial charge in [-0.05, 0) is 36.9 Å². The quantitative estimate of drug-likeness (QED) is 0.455. The second kappa shape index (κ2) is 9.02. The van der Waals surface area contributed by atoms with E-state index in [1.807, 2.05) is 36.4 Å². The van der Waals surface area contributed by atoms with Gasteiger partial charge in [0.05, 0.1) is 18.4 Å². The Morgan fingerprint density at radius 3 is 2.33 bits per heavy atom. The highest BCUT2D eigenvalue weighted by Crippen LogP contribution is 2.21. The first-order chi connectivity index (χ1) is 13.1. The summed E-state index contributed by atoms with van der Waals surface area (Å²) in [4.78, 5) is 21.3.